The third-order valence-corrected chi connectivity index (χ3v) is 10.1. The van der Waals surface area contributed by atoms with E-state index < -0.39 is 17.5 Å². The second kappa shape index (κ2) is 11.6. The smallest absolute Gasteiger partial charge is 0.248 e. The molecule has 3 aromatic heterocycles. The zero-order chi connectivity index (χ0) is 34.1. The quantitative estimate of drug-likeness (QED) is 0.158. The van der Waals surface area contributed by atoms with Crippen LogP contribution in [0.15, 0.2) is 41.3 Å². The average Bonchev–Trinajstić information content (AvgIpc) is 3.47. The van der Waals surface area contributed by atoms with E-state index >= 15 is 0 Å². The van der Waals surface area contributed by atoms with Crippen molar-refractivity contribution in [2.45, 2.75) is 66.6 Å². The molecule has 2 amide bonds. The second-order valence-electron chi connectivity index (χ2n) is 14.2. The molecule has 48 heavy (non-hydrogen) atoms. The van der Waals surface area contributed by atoms with Crippen molar-refractivity contribution in [2.75, 3.05) is 25.0 Å². The Hall–Kier alpha value is -4.47. The minimum Gasteiger partial charge on any atom is -0.314 e. The maximum absolute atomic E-state index is 14.4. The summed E-state index contributed by atoms with van der Waals surface area (Å²) in [6.45, 7) is 14.0. The SMILES string of the molecule is CC(=O)c1nn(CC(=O)N2[C@H](C(=O)Nc3nc(Br)ccc3C)C[C@@]3(CN4CC(C)(C)C4)C#C[C@@H]23)c2c(C)cc(-c3cnc(C)nc3)cc12. The lowest BCUT2D eigenvalue weighted by molar-refractivity contribution is -0.138. The Morgan fingerprint density at radius 3 is 2.42 bits per heavy atom. The van der Waals surface area contributed by atoms with E-state index in [0.29, 0.717) is 40.1 Å². The maximum Gasteiger partial charge on any atom is 0.248 e. The summed E-state index contributed by atoms with van der Waals surface area (Å²) in [5.74, 6) is 6.92. The Bertz CT molecular complexity index is 2070. The van der Waals surface area contributed by atoms with Gasteiger partial charge in [-0.15, -0.1) is 0 Å². The minimum absolute atomic E-state index is 0.152. The van der Waals surface area contributed by atoms with Crippen molar-refractivity contribution < 1.29 is 14.4 Å². The Labute approximate surface area is 287 Å². The molecule has 2 saturated heterocycles. The number of nitrogens with one attached hydrogen (secondary N) is 1. The summed E-state index contributed by atoms with van der Waals surface area (Å²) in [5.41, 5.74) is 4.02. The van der Waals surface area contributed by atoms with Gasteiger partial charge in [-0.3, -0.25) is 19.1 Å². The van der Waals surface area contributed by atoms with Gasteiger partial charge in [-0.2, -0.15) is 5.10 Å². The Balaban J connectivity index is 1.23. The number of carbonyl (C=O) groups excluding carboxylic acids is 3. The number of nitrogens with zero attached hydrogens (tertiary/aromatic N) is 7. The van der Waals surface area contributed by atoms with Gasteiger partial charge in [0.1, 0.15) is 40.6 Å². The summed E-state index contributed by atoms with van der Waals surface area (Å²) >= 11 is 3.40. The molecule has 3 atom stereocenters. The Morgan fingerprint density at radius 2 is 1.77 bits per heavy atom. The molecule has 3 aliphatic rings. The van der Waals surface area contributed by atoms with Crippen LogP contribution in [0.1, 0.15) is 54.6 Å². The molecule has 7 rings (SSSR count). The first-order valence-electron chi connectivity index (χ1n) is 16.0. The number of likely N-dealkylation sites (tertiary alicyclic amines) is 2. The van der Waals surface area contributed by atoms with Crippen molar-refractivity contribution in [3.63, 3.8) is 0 Å². The number of halogens is 1. The van der Waals surface area contributed by atoms with Gasteiger partial charge in [-0.05, 0) is 83.4 Å². The summed E-state index contributed by atoms with van der Waals surface area (Å²) in [5, 5.41) is 8.30. The number of carbonyl (C=O) groups is 3. The van der Waals surface area contributed by atoms with Crippen LogP contribution in [0.3, 0.4) is 0 Å². The first-order valence-corrected chi connectivity index (χ1v) is 16.8. The van der Waals surface area contributed by atoms with Gasteiger partial charge in [0.05, 0.1) is 10.9 Å². The van der Waals surface area contributed by atoms with E-state index in [-0.39, 0.29) is 35.3 Å². The third kappa shape index (κ3) is 5.58. The molecule has 1 aliphatic carbocycles. The van der Waals surface area contributed by atoms with Crippen LogP contribution >= 0.6 is 15.9 Å². The molecule has 12 heteroatoms. The number of fused-ring (bicyclic) bond motifs is 2. The Kier molecular flexibility index (Phi) is 7.75. The highest BCUT2D eigenvalue weighted by Crippen LogP contribution is 2.48. The summed E-state index contributed by atoms with van der Waals surface area (Å²) < 4.78 is 2.20. The van der Waals surface area contributed by atoms with Crippen LogP contribution in [0.5, 0.6) is 0 Å². The number of benzene rings is 1. The number of hydrogen-bond donors (Lipinski definition) is 1. The van der Waals surface area contributed by atoms with Crippen molar-refractivity contribution >= 4 is 50.2 Å². The highest BCUT2D eigenvalue weighted by molar-refractivity contribution is 9.10. The monoisotopic (exact) mass is 708 g/mol. The number of pyridine rings is 1. The Morgan fingerprint density at radius 1 is 1.04 bits per heavy atom. The predicted molar refractivity (Wildman–Crippen MR) is 185 cm³/mol. The summed E-state index contributed by atoms with van der Waals surface area (Å²) in [7, 11) is 0. The van der Waals surface area contributed by atoms with Crippen LogP contribution in [0, 0.1) is 43.4 Å². The third-order valence-electron chi connectivity index (χ3n) is 9.62. The van der Waals surface area contributed by atoms with Crippen LogP contribution in [0.4, 0.5) is 5.82 Å². The van der Waals surface area contributed by atoms with Crippen LogP contribution in [-0.4, -0.2) is 83.8 Å². The number of anilines is 1. The van der Waals surface area contributed by atoms with Gasteiger partial charge in [-0.25, -0.2) is 15.0 Å². The lowest BCUT2D eigenvalue weighted by Gasteiger charge is -2.50. The van der Waals surface area contributed by atoms with Crippen LogP contribution in [-0.2, 0) is 16.1 Å². The normalized spacial score (nSPS) is 22.4. The van der Waals surface area contributed by atoms with E-state index in [1.54, 1.807) is 22.0 Å². The molecule has 246 valence electrons. The largest absolute Gasteiger partial charge is 0.314 e. The lowest BCUT2D eigenvalue weighted by Crippen LogP contribution is -2.59. The van der Waals surface area contributed by atoms with E-state index in [0.717, 1.165) is 35.3 Å². The predicted octanol–water partition coefficient (Wildman–Crippen LogP) is 4.73. The number of ketones is 1. The van der Waals surface area contributed by atoms with Crippen molar-refractivity contribution in [3.05, 3.63) is 63.9 Å². The summed E-state index contributed by atoms with van der Waals surface area (Å²) in [4.78, 5) is 58.4. The molecule has 1 aromatic carbocycles. The molecule has 5 heterocycles. The fourth-order valence-corrected chi connectivity index (χ4v) is 7.83. The molecule has 0 unspecified atom stereocenters. The molecule has 0 radical (unpaired) electrons. The first kappa shape index (κ1) is 32.1. The summed E-state index contributed by atoms with van der Waals surface area (Å²) in [6, 6.07) is 6.39. The number of aryl methyl sites for hydroxylation is 3. The van der Waals surface area contributed by atoms with E-state index in [4.69, 9.17) is 0 Å². The maximum atomic E-state index is 14.4. The topological polar surface area (TPSA) is 126 Å². The minimum atomic E-state index is -0.775. The van der Waals surface area contributed by atoms with E-state index in [1.807, 2.05) is 45.0 Å². The molecule has 2 aliphatic heterocycles. The highest BCUT2D eigenvalue weighted by atomic mass is 79.9. The van der Waals surface area contributed by atoms with Crippen LogP contribution in [0.2, 0.25) is 0 Å². The van der Waals surface area contributed by atoms with E-state index in [2.05, 4.69) is 71.9 Å². The molecule has 0 saturated carbocycles. The molecule has 1 N–H and O–H groups in total. The molecular weight excluding hydrogens is 672 g/mol. The average molecular weight is 710 g/mol. The molecule has 2 fully saturated rings. The zero-order valence-corrected chi connectivity index (χ0v) is 29.5. The van der Waals surface area contributed by atoms with Crippen molar-refractivity contribution in [1.29, 1.82) is 0 Å². The molecule has 11 nitrogen and oxygen atoms in total. The molecule has 0 bridgehead atoms. The van der Waals surface area contributed by atoms with Gasteiger partial charge in [0.15, 0.2) is 5.78 Å². The second-order valence-corrected chi connectivity index (χ2v) is 15.0. The summed E-state index contributed by atoms with van der Waals surface area (Å²) in [6.07, 6.45) is 3.92. The number of aromatic nitrogens is 5. The fourth-order valence-electron chi connectivity index (χ4n) is 7.52. The van der Waals surface area contributed by atoms with E-state index in [1.165, 1.54) is 6.92 Å². The van der Waals surface area contributed by atoms with Crippen LogP contribution in [0.25, 0.3) is 22.0 Å². The number of hydrogen-bond acceptors (Lipinski definition) is 8. The van der Waals surface area contributed by atoms with Crippen molar-refractivity contribution in [1.82, 2.24) is 34.5 Å². The van der Waals surface area contributed by atoms with Gasteiger partial charge in [0.25, 0.3) is 0 Å². The fraction of sp³-hybridized carbons (Fsp3) is 0.417. The molecule has 0 spiro atoms. The van der Waals surface area contributed by atoms with Gasteiger partial charge in [0, 0.05) is 49.9 Å². The molecular formula is C36H37BrN8O3. The van der Waals surface area contributed by atoms with Gasteiger partial charge < -0.3 is 15.1 Å². The van der Waals surface area contributed by atoms with Crippen LogP contribution < -0.4 is 5.32 Å². The van der Waals surface area contributed by atoms with Crippen molar-refractivity contribution in [2.24, 2.45) is 10.8 Å². The van der Waals surface area contributed by atoms with Gasteiger partial charge in [0.2, 0.25) is 11.8 Å². The van der Waals surface area contributed by atoms with E-state index in [9.17, 15) is 14.4 Å². The van der Waals surface area contributed by atoms with Gasteiger partial charge >= 0.3 is 0 Å². The number of rotatable bonds is 8. The first-order chi connectivity index (χ1) is 22.7. The van der Waals surface area contributed by atoms with Gasteiger partial charge in [-0.1, -0.05) is 31.8 Å². The van der Waals surface area contributed by atoms with Crippen molar-refractivity contribution in [3.8, 4) is 23.0 Å². The lowest BCUT2D eigenvalue weighted by atomic mass is 9.71. The zero-order valence-electron chi connectivity index (χ0n) is 27.9. The highest BCUT2D eigenvalue weighted by Gasteiger charge is 2.59. The molecule has 4 aromatic rings. The number of amides is 2. The number of Topliss-reactive ketones (excluding diaryl/α,β-unsaturated/α-hetero) is 1. The standard InChI is InChI=1S/C36H37BrN8O3/c1-20-7-8-29(37)40-33(20)41-34(48)27-13-36(19-43-17-35(5,6)18-43)10-9-28(36)45(27)30(47)16-44-32-21(2)11-24(25-14-38-23(4)39-15-25)12-26(32)31(42-44)22(3)46/h7-8,11-12,14-15,27-28H,13,16-19H2,1-6H3,(H,40,41,48)/t27-,28+,36+/m0/s1.